The monoisotopic (exact) mass is 486 g/mol. The summed E-state index contributed by atoms with van der Waals surface area (Å²) in [4.78, 5) is 9.16. The molecule has 5 rings (SSSR count). The Kier molecular flexibility index (Phi) is 7.91. The van der Waals surface area contributed by atoms with Crippen molar-refractivity contribution in [3.05, 3.63) is 58.3 Å². The van der Waals surface area contributed by atoms with Gasteiger partial charge in [-0.3, -0.25) is 4.99 Å². The van der Waals surface area contributed by atoms with Gasteiger partial charge < -0.3 is 16.8 Å². The number of pyridine rings is 1. The lowest BCUT2D eigenvalue weighted by atomic mass is 9.82. The van der Waals surface area contributed by atoms with Gasteiger partial charge in [-0.2, -0.15) is 10.3 Å². The number of nitrogens with two attached hydrogens (primary N) is 2. The summed E-state index contributed by atoms with van der Waals surface area (Å²) in [6.45, 7) is 2.62. The quantitative estimate of drug-likeness (QED) is 0.329. The second kappa shape index (κ2) is 11.6. The first-order chi connectivity index (χ1) is 17.7. The number of anilines is 1. The first-order valence-electron chi connectivity index (χ1n) is 13.4. The lowest BCUT2D eigenvalue weighted by Gasteiger charge is -2.23. The molecular weight excluding hydrogens is 448 g/mol. The molecule has 1 unspecified atom stereocenters. The Morgan fingerprint density at radius 2 is 2.03 bits per heavy atom. The van der Waals surface area contributed by atoms with Crippen LogP contribution in [0.2, 0.25) is 0 Å². The third-order valence-corrected chi connectivity index (χ3v) is 7.81. The van der Waals surface area contributed by atoms with Gasteiger partial charge in [0.25, 0.3) is 0 Å². The summed E-state index contributed by atoms with van der Waals surface area (Å²) >= 11 is 0. The lowest BCUT2D eigenvalue weighted by molar-refractivity contribution is 0.328. The van der Waals surface area contributed by atoms with Crippen LogP contribution >= 0.6 is 0 Å². The fraction of sp³-hybridized carbons (Fsp3) is 0.500. The van der Waals surface area contributed by atoms with Crippen molar-refractivity contribution in [2.75, 3.05) is 12.3 Å². The van der Waals surface area contributed by atoms with Crippen molar-refractivity contribution >= 4 is 23.2 Å². The van der Waals surface area contributed by atoms with Crippen LogP contribution in [0.5, 0.6) is 0 Å². The first kappa shape index (κ1) is 24.4. The summed E-state index contributed by atoms with van der Waals surface area (Å²) in [7, 11) is 0. The maximum Gasteiger partial charge on any atom is 0.203 e. The van der Waals surface area contributed by atoms with Crippen LogP contribution in [0.3, 0.4) is 0 Å². The van der Waals surface area contributed by atoms with Gasteiger partial charge in [0.05, 0.1) is 6.54 Å². The molecule has 0 spiro atoms. The summed E-state index contributed by atoms with van der Waals surface area (Å²) in [5.74, 6) is 1.32. The predicted molar refractivity (Wildman–Crippen MR) is 146 cm³/mol. The first-order valence-corrected chi connectivity index (χ1v) is 13.4. The normalized spacial score (nSPS) is 18.1. The van der Waals surface area contributed by atoms with Crippen molar-refractivity contribution < 1.29 is 0 Å². The highest BCUT2D eigenvalue weighted by Gasteiger charge is 2.22. The van der Waals surface area contributed by atoms with Crippen molar-refractivity contribution in [3.63, 3.8) is 0 Å². The number of nitrogens with one attached hydrogen (secondary N) is 2. The smallest absolute Gasteiger partial charge is 0.203 e. The summed E-state index contributed by atoms with van der Waals surface area (Å²) in [5, 5.41) is 14.7. The van der Waals surface area contributed by atoms with Crippen molar-refractivity contribution in [2.45, 2.75) is 76.8 Å². The number of hydrogen-bond acceptors (Lipinski definition) is 7. The highest BCUT2D eigenvalue weighted by molar-refractivity contribution is 5.84. The Bertz CT molecular complexity index is 1220. The number of rotatable bonds is 9. The number of allylic oxidation sites excluding steroid dienone is 1. The standard InChI is InChI=1S/C28H38N8/c29-15-23(18-32-16-20-9-10-22-17-31-12-11-21(22)13-20)24(8-4-7-19-5-2-1-3-6-19)25-14-26(30)33-28-27(25)34-36-35-28/h9-10,13-15,18-19,24,31H,1-8,11-12,16-17,29H2,(H3,30,33,34,35,36). The minimum atomic E-state index is 0.0369. The van der Waals surface area contributed by atoms with E-state index in [-0.39, 0.29) is 5.92 Å². The average molecular weight is 487 g/mol. The molecule has 3 aromatic rings. The second-order valence-electron chi connectivity index (χ2n) is 10.3. The molecule has 0 bridgehead atoms. The van der Waals surface area contributed by atoms with Crippen LogP contribution in [-0.4, -0.2) is 33.2 Å². The molecule has 1 atom stereocenters. The number of aromatic amines is 1. The Balaban J connectivity index is 1.35. The van der Waals surface area contributed by atoms with E-state index in [1.165, 1.54) is 55.2 Å². The Hall–Kier alpha value is -3.26. The van der Waals surface area contributed by atoms with Gasteiger partial charge in [0.15, 0.2) is 0 Å². The molecule has 8 nitrogen and oxygen atoms in total. The van der Waals surface area contributed by atoms with Gasteiger partial charge in [0.2, 0.25) is 5.65 Å². The molecule has 3 heterocycles. The van der Waals surface area contributed by atoms with Crippen molar-refractivity contribution in [3.8, 4) is 0 Å². The van der Waals surface area contributed by atoms with E-state index in [1.807, 2.05) is 12.3 Å². The average Bonchev–Trinajstić information content (AvgIpc) is 3.38. The molecule has 0 saturated heterocycles. The maximum atomic E-state index is 6.20. The molecule has 36 heavy (non-hydrogen) atoms. The summed E-state index contributed by atoms with van der Waals surface area (Å²) in [6.07, 6.45) is 14.9. The molecule has 2 aromatic heterocycles. The van der Waals surface area contributed by atoms with E-state index in [4.69, 9.17) is 16.5 Å². The number of aliphatic imine (C=N–C) groups is 1. The van der Waals surface area contributed by atoms with E-state index >= 15 is 0 Å². The van der Waals surface area contributed by atoms with E-state index < -0.39 is 0 Å². The van der Waals surface area contributed by atoms with Crippen LogP contribution in [-0.2, 0) is 19.5 Å². The van der Waals surface area contributed by atoms with E-state index in [1.54, 1.807) is 6.20 Å². The van der Waals surface area contributed by atoms with Crippen molar-refractivity contribution in [1.29, 1.82) is 0 Å². The third-order valence-electron chi connectivity index (χ3n) is 7.81. The minimum Gasteiger partial charge on any atom is -0.404 e. The fourth-order valence-corrected chi connectivity index (χ4v) is 5.87. The number of nitrogen functional groups attached to an aromatic ring is 1. The molecule has 0 radical (unpaired) electrons. The van der Waals surface area contributed by atoms with Crippen LogP contribution < -0.4 is 16.8 Å². The zero-order valence-electron chi connectivity index (χ0n) is 21.0. The fourth-order valence-electron chi connectivity index (χ4n) is 5.87. The zero-order chi connectivity index (χ0) is 24.7. The number of H-pyrrole nitrogens is 1. The predicted octanol–water partition coefficient (Wildman–Crippen LogP) is 4.53. The van der Waals surface area contributed by atoms with Gasteiger partial charge in [-0.15, -0.1) is 5.10 Å². The lowest BCUT2D eigenvalue weighted by Crippen LogP contribution is -2.23. The molecule has 1 aliphatic carbocycles. The second-order valence-corrected chi connectivity index (χ2v) is 10.3. The van der Waals surface area contributed by atoms with E-state index in [0.717, 1.165) is 54.9 Å². The molecular formula is C28H38N8. The van der Waals surface area contributed by atoms with Crippen molar-refractivity contribution in [2.24, 2.45) is 16.6 Å². The molecule has 6 N–H and O–H groups in total. The van der Waals surface area contributed by atoms with Gasteiger partial charge in [-0.1, -0.05) is 63.1 Å². The Labute approximate surface area is 213 Å². The Morgan fingerprint density at radius 3 is 2.89 bits per heavy atom. The molecule has 2 aliphatic rings. The summed E-state index contributed by atoms with van der Waals surface area (Å²) < 4.78 is 0. The number of aromatic nitrogens is 4. The van der Waals surface area contributed by atoms with Crippen LogP contribution in [0.25, 0.3) is 11.2 Å². The molecule has 0 amide bonds. The Morgan fingerprint density at radius 1 is 1.14 bits per heavy atom. The van der Waals surface area contributed by atoms with E-state index in [9.17, 15) is 0 Å². The van der Waals surface area contributed by atoms with Gasteiger partial charge in [-0.05, 0) is 65.4 Å². The molecule has 1 saturated carbocycles. The van der Waals surface area contributed by atoms with E-state index in [0.29, 0.717) is 18.0 Å². The molecule has 8 heteroatoms. The van der Waals surface area contributed by atoms with Crippen LogP contribution in [0.4, 0.5) is 5.82 Å². The number of fused-ring (bicyclic) bond motifs is 2. The van der Waals surface area contributed by atoms with Crippen LogP contribution in [0.15, 0.2) is 41.0 Å². The maximum absolute atomic E-state index is 6.20. The number of benzene rings is 1. The highest BCUT2D eigenvalue weighted by Crippen LogP contribution is 2.35. The number of nitrogens with zero attached hydrogens (tertiary/aromatic N) is 4. The summed E-state index contributed by atoms with van der Waals surface area (Å²) in [5.41, 5.74) is 19.7. The zero-order valence-corrected chi connectivity index (χ0v) is 21.0. The van der Waals surface area contributed by atoms with Crippen LogP contribution in [0.1, 0.15) is 79.5 Å². The van der Waals surface area contributed by atoms with Gasteiger partial charge >= 0.3 is 0 Å². The van der Waals surface area contributed by atoms with Gasteiger partial charge in [-0.25, -0.2) is 4.98 Å². The molecule has 1 fully saturated rings. The SMILES string of the molecule is NC=C(C=NCc1ccc2c(c1)CCNC2)C(CCCC1CCCCC1)c1cc(N)nc2n[nH]nc12. The van der Waals surface area contributed by atoms with Gasteiger partial charge in [0, 0.05) is 18.7 Å². The third kappa shape index (κ3) is 5.75. The number of hydrogen-bond donors (Lipinski definition) is 4. The van der Waals surface area contributed by atoms with E-state index in [2.05, 4.69) is 43.9 Å². The largest absolute Gasteiger partial charge is 0.404 e. The van der Waals surface area contributed by atoms with Gasteiger partial charge in [0.1, 0.15) is 11.3 Å². The molecule has 1 aliphatic heterocycles. The van der Waals surface area contributed by atoms with Crippen LogP contribution in [0, 0.1) is 5.92 Å². The summed E-state index contributed by atoms with van der Waals surface area (Å²) in [6, 6.07) is 8.62. The molecule has 1 aromatic carbocycles. The van der Waals surface area contributed by atoms with Crippen molar-refractivity contribution in [1.82, 2.24) is 25.7 Å². The molecule has 190 valence electrons. The topological polar surface area (TPSA) is 131 Å². The highest BCUT2D eigenvalue weighted by atomic mass is 15.3. The minimum absolute atomic E-state index is 0.0369.